The zero-order valence-corrected chi connectivity index (χ0v) is 13.4. The van der Waals surface area contributed by atoms with Crippen LogP contribution in [0.15, 0.2) is 0 Å². The molecule has 0 spiro atoms. The van der Waals surface area contributed by atoms with Gasteiger partial charge in [0, 0.05) is 30.6 Å². The molecule has 0 aromatic carbocycles. The van der Waals surface area contributed by atoms with Gasteiger partial charge in [-0.2, -0.15) is 5.06 Å². The van der Waals surface area contributed by atoms with Crippen LogP contribution in [0.3, 0.4) is 0 Å². The molecule has 1 aliphatic heterocycles. The fourth-order valence-electron chi connectivity index (χ4n) is 3.36. The third-order valence-electron chi connectivity index (χ3n) is 4.21. The first-order valence-electron chi connectivity index (χ1n) is 7.38. The fraction of sp³-hybridized carbons (Fsp3) is 0.933. The van der Waals surface area contributed by atoms with Gasteiger partial charge in [-0.3, -0.25) is 4.79 Å². The van der Waals surface area contributed by atoms with Crippen LogP contribution in [-0.2, 0) is 4.79 Å². The highest BCUT2D eigenvalue weighted by Crippen LogP contribution is 2.38. The largest absolute Gasteiger partial charge is 0.340 e. The van der Waals surface area contributed by atoms with Gasteiger partial charge >= 0.3 is 0 Å². The summed E-state index contributed by atoms with van der Waals surface area (Å²) >= 11 is 0. The van der Waals surface area contributed by atoms with Crippen molar-refractivity contribution in [3.8, 4) is 0 Å². The molecule has 0 aromatic heterocycles. The predicted octanol–water partition coefficient (Wildman–Crippen LogP) is 3.05. The molecule has 1 aliphatic rings. The molecule has 1 rings (SSSR count). The van der Waals surface area contributed by atoms with E-state index in [1.165, 1.54) is 5.06 Å². The zero-order valence-electron chi connectivity index (χ0n) is 13.4. The standard InChI is InChI=1S/C15H30N2O2/c1-7-8-9-16(12(2)18)13-10-14(3,4)17(19)15(5,6)11-13/h13,19H,7-11H2,1-6H3. The van der Waals surface area contributed by atoms with Gasteiger partial charge in [-0.05, 0) is 47.0 Å². The predicted molar refractivity (Wildman–Crippen MR) is 77.1 cm³/mol. The number of rotatable bonds is 4. The summed E-state index contributed by atoms with van der Waals surface area (Å²) in [6, 6.07) is 0.220. The van der Waals surface area contributed by atoms with E-state index in [0.29, 0.717) is 0 Å². The van der Waals surface area contributed by atoms with Crippen molar-refractivity contribution in [2.45, 2.75) is 84.3 Å². The smallest absolute Gasteiger partial charge is 0.219 e. The Hall–Kier alpha value is -0.610. The summed E-state index contributed by atoms with van der Waals surface area (Å²) in [4.78, 5) is 13.9. The minimum atomic E-state index is -0.299. The third kappa shape index (κ3) is 3.69. The average Bonchev–Trinajstić information content (AvgIpc) is 2.25. The van der Waals surface area contributed by atoms with Gasteiger partial charge in [0.2, 0.25) is 5.91 Å². The van der Waals surface area contributed by atoms with Gasteiger partial charge in [0.05, 0.1) is 0 Å². The molecule has 0 aliphatic carbocycles. The summed E-state index contributed by atoms with van der Waals surface area (Å²) in [5.74, 6) is 0.149. The lowest BCUT2D eigenvalue weighted by Gasteiger charge is -2.53. The molecule has 4 nitrogen and oxygen atoms in total. The van der Waals surface area contributed by atoms with Gasteiger partial charge in [-0.1, -0.05) is 13.3 Å². The Bertz CT molecular complexity index is 308. The van der Waals surface area contributed by atoms with Crippen LogP contribution in [0.4, 0.5) is 0 Å². The summed E-state index contributed by atoms with van der Waals surface area (Å²) in [6.07, 6.45) is 3.77. The van der Waals surface area contributed by atoms with E-state index in [4.69, 9.17) is 0 Å². The van der Waals surface area contributed by atoms with Gasteiger partial charge in [0.15, 0.2) is 0 Å². The number of carbonyl (C=O) groups excluding carboxylic acids is 1. The van der Waals surface area contributed by atoms with Crippen molar-refractivity contribution in [2.24, 2.45) is 0 Å². The van der Waals surface area contributed by atoms with Crippen molar-refractivity contribution in [1.29, 1.82) is 0 Å². The molecule has 19 heavy (non-hydrogen) atoms. The molecule has 0 saturated carbocycles. The van der Waals surface area contributed by atoms with Crippen LogP contribution in [0.25, 0.3) is 0 Å². The lowest BCUT2D eigenvalue weighted by atomic mass is 9.78. The van der Waals surface area contributed by atoms with Crippen LogP contribution in [0, 0.1) is 0 Å². The molecule has 1 fully saturated rings. The van der Waals surface area contributed by atoms with Gasteiger partial charge in [0.1, 0.15) is 0 Å². The number of hydrogen-bond donors (Lipinski definition) is 1. The summed E-state index contributed by atoms with van der Waals surface area (Å²) < 4.78 is 0. The maximum atomic E-state index is 11.9. The molecule has 0 aromatic rings. The first kappa shape index (κ1) is 16.4. The Labute approximate surface area is 117 Å². The van der Waals surface area contributed by atoms with Crippen molar-refractivity contribution in [2.75, 3.05) is 6.54 Å². The number of unbranched alkanes of at least 4 members (excludes halogenated alkanes) is 1. The van der Waals surface area contributed by atoms with Crippen LogP contribution >= 0.6 is 0 Å². The van der Waals surface area contributed by atoms with Gasteiger partial charge in [-0.15, -0.1) is 0 Å². The molecule has 1 N–H and O–H groups in total. The average molecular weight is 270 g/mol. The molecular weight excluding hydrogens is 240 g/mol. The Kier molecular flexibility index (Phi) is 5.02. The molecule has 1 saturated heterocycles. The third-order valence-corrected chi connectivity index (χ3v) is 4.21. The highest BCUT2D eigenvalue weighted by atomic mass is 16.5. The van der Waals surface area contributed by atoms with Gasteiger partial charge in [-0.25, -0.2) is 0 Å². The monoisotopic (exact) mass is 270 g/mol. The Morgan fingerprint density at radius 3 is 2.11 bits per heavy atom. The molecule has 1 heterocycles. The summed E-state index contributed by atoms with van der Waals surface area (Å²) in [5.41, 5.74) is -0.599. The summed E-state index contributed by atoms with van der Waals surface area (Å²) in [5, 5.41) is 11.8. The van der Waals surface area contributed by atoms with E-state index >= 15 is 0 Å². The second kappa shape index (κ2) is 5.80. The first-order chi connectivity index (χ1) is 8.62. The van der Waals surface area contributed by atoms with Crippen molar-refractivity contribution in [1.82, 2.24) is 9.96 Å². The molecule has 0 unspecified atom stereocenters. The van der Waals surface area contributed by atoms with Gasteiger partial charge < -0.3 is 10.1 Å². The molecule has 112 valence electrons. The maximum absolute atomic E-state index is 11.9. The van der Waals surface area contributed by atoms with Crippen LogP contribution in [0.2, 0.25) is 0 Å². The molecule has 0 bridgehead atoms. The van der Waals surface area contributed by atoms with Crippen LogP contribution in [-0.4, -0.2) is 44.7 Å². The zero-order chi connectivity index (χ0) is 14.8. The van der Waals surface area contributed by atoms with E-state index in [2.05, 4.69) is 6.92 Å². The highest BCUT2D eigenvalue weighted by molar-refractivity contribution is 5.73. The highest BCUT2D eigenvalue weighted by Gasteiger charge is 2.46. The Morgan fingerprint density at radius 2 is 1.74 bits per heavy atom. The minimum Gasteiger partial charge on any atom is -0.340 e. The number of piperidine rings is 1. The van der Waals surface area contributed by atoms with E-state index < -0.39 is 0 Å². The van der Waals surface area contributed by atoms with E-state index in [-0.39, 0.29) is 23.0 Å². The Morgan fingerprint density at radius 1 is 1.26 bits per heavy atom. The van der Waals surface area contributed by atoms with Gasteiger partial charge in [0.25, 0.3) is 0 Å². The lowest BCUT2D eigenvalue weighted by Crippen LogP contribution is -2.63. The fourth-order valence-corrected chi connectivity index (χ4v) is 3.36. The SMILES string of the molecule is CCCCN(C(C)=O)C1CC(C)(C)N(O)C(C)(C)C1. The quantitative estimate of drug-likeness (QED) is 0.854. The lowest BCUT2D eigenvalue weighted by molar-refractivity contribution is -0.251. The number of hydrogen-bond acceptors (Lipinski definition) is 3. The van der Waals surface area contributed by atoms with E-state index in [9.17, 15) is 10.0 Å². The van der Waals surface area contributed by atoms with Crippen molar-refractivity contribution in [3.05, 3.63) is 0 Å². The van der Waals surface area contributed by atoms with Crippen LogP contribution < -0.4 is 0 Å². The summed E-state index contributed by atoms with van der Waals surface area (Å²) in [7, 11) is 0. The van der Waals surface area contributed by atoms with Crippen molar-refractivity contribution >= 4 is 5.91 Å². The number of nitrogens with zero attached hydrogens (tertiary/aromatic N) is 2. The van der Waals surface area contributed by atoms with Crippen LogP contribution in [0.1, 0.15) is 67.2 Å². The Balaban J connectivity index is 2.90. The number of carbonyl (C=O) groups is 1. The first-order valence-corrected chi connectivity index (χ1v) is 7.38. The van der Waals surface area contributed by atoms with E-state index in [1.807, 2.05) is 32.6 Å². The molecule has 0 atom stereocenters. The second-order valence-corrected chi connectivity index (χ2v) is 7.06. The van der Waals surface area contributed by atoms with E-state index in [0.717, 1.165) is 32.2 Å². The van der Waals surface area contributed by atoms with Crippen LogP contribution in [0.5, 0.6) is 0 Å². The molecule has 1 amide bonds. The second-order valence-electron chi connectivity index (χ2n) is 7.06. The minimum absolute atomic E-state index is 0.149. The topological polar surface area (TPSA) is 43.8 Å². The maximum Gasteiger partial charge on any atom is 0.219 e. The number of amides is 1. The molecule has 0 radical (unpaired) electrons. The molecule has 4 heteroatoms. The van der Waals surface area contributed by atoms with Crippen molar-refractivity contribution in [3.63, 3.8) is 0 Å². The normalized spacial score (nSPS) is 23.3. The van der Waals surface area contributed by atoms with E-state index in [1.54, 1.807) is 6.92 Å². The number of hydroxylamine groups is 2. The summed E-state index contributed by atoms with van der Waals surface area (Å²) in [6.45, 7) is 12.8. The van der Waals surface area contributed by atoms with Crippen molar-refractivity contribution < 1.29 is 10.0 Å². The molecular formula is C15H30N2O2.